The minimum atomic E-state index is -0.113. The van der Waals surface area contributed by atoms with Crippen LogP contribution in [0.1, 0.15) is 25.0 Å². The Morgan fingerprint density at radius 2 is 0.814 bits per heavy atom. The number of nitrogens with zero attached hydrogens (tertiary/aromatic N) is 2. The Kier molecular flexibility index (Phi) is 8.20. The summed E-state index contributed by atoms with van der Waals surface area (Å²) in [7, 11) is 0. The lowest BCUT2D eigenvalue weighted by molar-refractivity contribution is 0.660. The molecule has 9 aromatic carbocycles. The maximum Gasteiger partial charge on any atom is 0.0702 e. The number of fused-ring (bicyclic) bond motifs is 6. The maximum absolute atomic E-state index is 2.51. The van der Waals surface area contributed by atoms with Gasteiger partial charge in [0, 0.05) is 27.3 Å². The third-order valence-corrected chi connectivity index (χ3v) is 12.4. The van der Waals surface area contributed by atoms with E-state index in [1.54, 1.807) is 0 Å². The van der Waals surface area contributed by atoms with Gasteiger partial charge in [-0.05, 0) is 80.9 Å². The van der Waals surface area contributed by atoms with E-state index in [1.165, 1.54) is 66.3 Å². The molecule has 10 aromatic rings. The summed E-state index contributed by atoms with van der Waals surface area (Å²) in [5, 5.41) is 2.48. The quantitative estimate of drug-likeness (QED) is 0.157. The lowest BCUT2D eigenvalue weighted by Gasteiger charge is -2.32. The van der Waals surface area contributed by atoms with Gasteiger partial charge in [0.25, 0.3) is 0 Å². The fourth-order valence-electron chi connectivity index (χ4n) is 9.67. The molecule has 0 atom stereocenters. The second kappa shape index (κ2) is 13.9. The Labute approximate surface area is 345 Å². The van der Waals surface area contributed by atoms with Gasteiger partial charge in [-0.2, -0.15) is 0 Å². The third kappa shape index (κ3) is 5.56. The number of aromatic nitrogens is 1. The Morgan fingerprint density at radius 1 is 0.339 bits per heavy atom. The minimum Gasteiger partial charge on any atom is -0.307 e. The van der Waals surface area contributed by atoms with Crippen LogP contribution in [0.2, 0.25) is 0 Å². The summed E-state index contributed by atoms with van der Waals surface area (Å²) in [6.45, 7) is 4.72. The first-order valence-corrected chi connectivity index (χ1v) is 20.5. The van der Waals surface area contributed by atoms with E-state index in [-0.39, 0.29) is 5.41 Å². The molecule has 1 aromatic heterocycles. The molecule has 0 saturated carbocycles. The first-order valence-electron chi connectivity index (χ1n) is 20.5. The molecule has 11 rings (SSSR count). The lowest BCUT2D eigenvalue weighted by Crippen LogP contribution is -2.15. The normalized spacial score (nSPS) is 12.7. The van der Waals surface area contributed by atoms with E-state index in [0.29, 0.717) is 0 Å². The molecule has 0 bridgehead atoms. The zero-order valence-corrected chi connectivity index (χ0v) is 33.2. The van der Waals surface area contributed by atoms with Crippen molar-refractivity contribution >= 4 is 38.9 Å². The summed E-state index contributed by atoms with van der Waals surface area (Å²) in [5.41, 5.74) is 19.2. The van der Waals surface area contributed by atoms with E-state index in [9.17, 15) is 0 Å². The summed E-state index contributed by atoms with van der Waals surface area (Å²) in [6.07, 6.45) is 0. The van der Waals surface area contributed by atoms with Crippen LogP contribution in [-0.4, -0.2) is 4.57 Å². The second-order valence-electron chi connectivity index (χ2n) is 16.1. The van der Waals surface area contributed by atoms with Crippen LogP contribution in [0.15, 0.2) is 218 Å². The molecule has 2 nitrogen and oxygen atoms in total. The van der Waals surface area contributed by atoms with Gasteiger partial charge in [-0.3, -0.25) is 0 Å². The van der Waals surface area contributed by atoms with Crippen LogP contribution >= 0.6 is 0 Å². The van der Waals surface area contributed by atoms with E-state index < -0.39 is 0 Å². The smallest absolute Gasteiger partial charge is 0.0702 e. The molecule has 1 aliphatic carbocycles. The summed E-state index contributed by atoms with van der Waals surface area (Å²) in [4.78, 5) is 2.51. The second-order valence-corrected chi connectivity index (χ2v) is 16.1. The van der Waals surface area contributed by atoms with Crippen molar-refractivity contribution < 1.29 is 0 Å². The van der Waals surface area contributed by atoms with Crippen LogP contribution in [0.3, 0.4) is 0 Å². The zero-order valence-electron chi connectivity index (χ0n) is 33.2. The maximum atomic E-state index is 2.51. The first-order chi connectivity index (χ1) is 29.1. The number of rotatable bonds is 7. The predicted molar refractivity (Wildman–Crippen MR) is 249 cm³/mol. The van der Waals surface area contributed by atoms with E-state index >= 15 is 0 Å². The molecule has 0 saturated heterocycles. The average Bonchev–Trinajstić information content (AvgIpc) is 3.76. The van der Waals surface area contributed by atoms with Crippen molar-refractivity contribution in [1.29, 1.82) is 0 Å². The van der Waals surface area contributed by atoms with E-state index in [4.69, 9.17) is 0 Å². The third-order valence-electron chi connectivity index (χ3n) is 12.4. The largest absolute Gasteiger partial charge is 0.307 e. The van der Waals surface area contributed by atoms with Gasteiger partial charge in [-0.1, -0.05) is 196 Å². The molecule has 0 spiro atoms. The highest BCUT2D eigenvalue weighted by atomic mass is 15.2. The van der Waals surface area contributed by atoms with Crippen molar-refractivity contribution in [2.75, 3.05) is 4.90 Å². The highest BCUT2D eigenvalue weighted by molar-refractivity contribution is 6.10. The molecule has 280 valence electrons. The molecule has 0 amide bonds. The van der Waals surface area contributed by atoms with E-state index in [2.05, 4.69) is 242 Å². The molecular formula is C57H42N2. The molecule has 0 unspecified atom stereocenters. The van der Waals surface area contributed by atoms with E-state index in [0.717, 1.165) is 33.9 Å². The molecule has 0 N–H and O–H groups in total. The zero-order chi connectivity index (χ0) is 39.5. The molecule has 0 fully saturated rings. The molecule has 1 heterocycles. The molecule has 1 aliphatic rings. The van der Waals surface area contributed by atoms with Crippen LogP contribution in [0.5, 0.6) is 0 Å². The number of para-hydroxylation sites is 6. The van der Waals surface area contributed by atoms with Gasteiger partial charge in [0.05, 0.1) is 33.8 Å². The van der Waals surface area contributed by atoms with Crippen LogP contribution in [-0.2, 0) is 5.41 Å². The van der Waals surface area contributed by atoms with Crippen LogP contribution in [0.25, 0.3) is 72.0 Å². The Morgan fingerprint density at radius 3 is 1.53 bits per heavy atom. The number of hydrogen-bond donors (Lipinski definition) is 0. The van der Waals surface area contributed by atoms with Gasteiger partial charge in [0.1, 0.15) is 0 Å². The fourth-order valence-corrected chi connectivity index (χ4v) is 9.67. The first kappa shape index (κ1) is 34.8. The summed E-state index contributed by atoms with van der Waals surface area (Å²) in [5.74, 6) is 0. The van der Waals surface area contributed by atoms with Crippen LogP contribution in [0.4, 0.5) is 17.1 Å². The Balaban J connectivity index is 1.19. The summed E-state index contributed by atoms with van der Waals surface area (Å²) < 4.78 is 2.45. The van der Waals surface area contributed by atoms with Gasteiger partial charge in [0.2, 0.25) is 0 Å². The average molecular weight is 755 g/mol. The molecule has 59 heavy (non-hydrogen) atoms. The Bertz CT molecular complexity index is 3130. The van der Waals surface area contributed by atoms with Crippen molar-refractivity contribution in [3.05, 3.63) is 230 Å². The van der Waals surface area contributed by atoms with Crippen molar-refractivity contribution in [3.8, 4) is 50.2 Å². The van der Waals surface area contributed by atoms with Crippen molar-refractivity contribution in [3.63, 3.8) is 0 Å². The van der Waals surface area contributed by atoms with Crippen molar-refractivity contribution in [1.82, 2.24) is 4.57 Å². The van der Waals surface area contributed by atoms with Crippen molar-refractivity contribution in [2.24, 2.45) is 0 Å². The highest BCUT2D eigenvalue weighted by Gasteiger charge is 2.37. The van der Waals surface area contributed by atoms with Gasteiger partial charge in [0.15, 0.2) is 0 Å². The molecule has 2 heteroatoms. The SMILES string of the molecule is CC1(C)c2ccccc2-c2c(-c3ccccc3N(c3ccccc3-c3ccc(-c4ccccc4)cc3)c3ccccc3-n3c4ccccc4c4ccccc43)cccc21. The fraction of sp³-hybridized carbons (Fsp3) is 0.0526. The standard InChI is InChI=1S/C57H42N2/c1-57(2)48-27-11-6-25-47(48)56-46(26-18-28-49(56)57)45-24-10-15-32-53(45)58(50-29-12-7-21-42(50)41-37-35-40(36-38-41)39-19-4-3-5-20-39)54-33-16-17-34-55(54)59-51-30-13-8-22-43(51)44-23-9-14-31-52(44)59/h3-38H,1-2H3. The summed E-state index contributed by atoms with van der Waals surface area (Å²) >= 11 is 0. The highest BCUT2D eigenvalue weighted by Crippen LogP contribution is 2.54. The minimum absolute atomic E-state index is 0.113. The van der Waals surface area contributed by atoms with E-state index in [1.807, 2.05) is 0 Å². The van der Waals surface area contributed by atoms with Crippen LogP contribution in [0, 0.1) is 0 Å². The number of hydrogen-bond acceptors (Lipinski definition) is 1. The lowest BCUT2D eigenvalue weighted by atomic mass is 9.82. The topological polar surface area (TPSA) is 8.17 Å². The predicted octanol–water partition coefficient (Wildman–Crippen LogP) is 15.6. The number of benzene rings is 9. The van der Waals surface area contributed by atoms with Gasteiger partial charge < -0.3 is 9.47 Å². The molecular weight excluding hydrogens is 713 g/mol. The number of anilines is 3. The van der Waals surface area contributed by atoms with Gasteiger partial charge in [-0.25, -0.2) is 0 Å². The van der Waals surface area contributed by atoms with Crippen LogP contribution < -0.4 is 4.90 Å². The monoisotopic (exact) mass is 754 g/mol. The molecule has 0 radical (unpaired) electrons. The van der Waals surface area contributed by atoms with Gasteiger partial charge >= 0.3 is 0 Å². The Hall–Kier alpha value is -7.42. The van der Waals surface area contributed by atoms with Gasteiger partial charge in [-0.15, -0.1) is 0 Å². The summed E-state index contributed by atoms with van der Waals surface area (Å²) in [6, 6.07) is 79.9. The van der Waals surface area contributed by atoms with Crippen molar-refractivity contribution in [2.45, 2.75) is 19.3 Å². The molecule has 0 aliphatic heterocycles.